The molecule has 2 unspecified atom stereocenters. The maximum Gasteiger partial charge on any atom is 0.303 e. The molecule has 0 aromatic carbocycles. The quantitative estimate of drug-likeness (QED) is 0.716. The summed E-state index contributed by atoms with van der Waals surface area (Å²) in [4.78, 5) is 13.3. The largest absolute Gasteiger partial charge is 0.481 e. The SMILES string of the molecule is O=C(O)CC1C2CC3CC1CN(C3)C2. The summed E-state index contributed by atoms with van der Waals surface area (Å²) < 4.78 is 0. The monoisotopic (exact) mass is 195 g/mol. The predicted octanol–water partition coefficient (Wildman–Crippen LogP) is 1.05. The Balaban J connectivity index is 1.77. The van der Waals surface area contributed by atoms with Crippen LogP contribution in [0.2, 0.25) is 0 Å². The Morgan fingerprint density at radius 3 is 2.36 bits per heavy atom. The van der Waals surface area contributed by atoms with Gasteiger partial charge in [-0.25, -0.2) is 0 Å². The van der Waals surface area contributed by atoms with Crippen LogP contribution in [0.1, 0.15) is 19.3 Å². The lowest BCUT2D eigenvalue weighted by atomic mass is 9.61. The molecule has 0 aromatic heterocycles. The summed E-state index contributed by atoms with van der Waals surface area (Å²) in [6, 6.07) is 0. The molecule has 3 saturated heterocycles. The third kappa shape index (κ3) is 1.26. The number of nitrogens with zero attached hydrogens (tertiary/aromatic N) is 1. The topological polar surface area (TPSA) is 40.5 Å². The number of hydrogen-bond donors (Lipinski definition) is 1. The maximum absolute atomic E-state index is 10.8. The minimum Gasteiger partial charge on any atom is -0.481 e. The summed E-state index contributed by atoms with van der Waals surface area (Å²) in [5.41, 5.74) is 0. The Labute approximate surface area is 84.1 Å². The predicted molar refractivity (Wildman–Crippen MR) is 51.9 cm³/mol. The molecular formula is C11H17NO2. The molecule has 3 aliphatic heterocycles. The molecule has 2 atom stereocenters. The second kappa shape index (κ2) is 2.96. The second-order valence-electron chi connectivity index (χ2n) is 5.34. The standard InChI is InChI=1S/C11H17NO2/c13-11(14)3-10-8-1-7-2-9(10)6-12(4-7)5-8/h7-10H,1-6H2,(H,13,14). The fraction of sp³-hybridized carbons (Fsp3) is 0.909. The second-order valence-corrected chi connectivity index (χ2v) is 5.34. The van der Waals surface area contributed by atoms with Crippen molar-refractivity contribution in [3.8, 4) is 0 Å². The molecule has 4 rings (SSSR count). The lowest BCUT2D eigenvalue weighted by Gasteiger charge is -2.55. The fourth-order valence-corrected chi connectivity index (χ4v) is 4.04. The first kappa shape index (κ1) is 8.72. The molecule has 0 amide bonds. The van der Waals surface area contributed by atoms with Crippen LogP contribution in [0, 0.1) is 23.7 Å². The van der Waals surface area contributed by atoms with Crippen molar-refractivity contribution < 1.29 is 9.90 Å². The molecular weight excluding hydrogens is 178 g/mol. The zero-order valence-electron chi connectivity index (χ0n) is 8.35. The first-order valence-corrected chi connectivity index (χ1v) is 5.66. The number of carboxylic acid groups (broad SMARTS) is 1. The summed E-state index contributed by atoms with van der Waals surface area (Å²) in [6.07, 6.45) is 3.01. The van der Waals surface area contributed by atoms with Gasteiger partial charge in [0.05, 0.1) is 0 Å². The highest BCUT2D eigenvalue weighted by Gasteiger charge is 2.47. The number of piperidine rings is 3. The Kier molecular flexibility index (Phi) is 1.84. The van der Waals surface area contributed by atoms with Gasteiger partial charge in [0.15, 0.2) is 0 Å². The molecule has 4 aliphatic rings. The van der Waals surface area contributed by atoms with E-state index in [-0.39, 0.29) is 0 Å². The van der Waals surface area contributed by atoms with Crippen LogP contribution in [0.4, 0.5) is 0 Å². The van der Waals surface area contributed by atoms with Gasteiger partial charge < -0.3 is 10.0 Å². The zero-order chi connectivity index (χ0) is 9.71. The van der Waals surface area contributed by atoms with Crippen molar-refractivity contribution in [3.05, 3.63) is 0 Å². The van der Waals surface area contributed by atoms with Gasteiger partial charge in [-0.3, -0.25) is 4.79 Å². The van der Waals surface area contributed by atoms with E-state index in [0.717, 1.165) is 5.92 Å². The van der Waals surface area contributed by atoms with Gasteiger partial charge in [-0.05, 0) is 36.5 Å². The molecule has 0 radical (unpaired) electrons. The molecule has 4 fully saturated rings. The van der Waals surface area contributed by atoms with Crippen molar-refractivity contribution in [1.82, 2.24) is 4.90 Å². The number of carbonyl (C=O) groups is 1. The third-order valence-electron chi connectivity index (χ3n) is 4.40. The van der Waals surface area contributed by atoms with Gasteiger partial charge in [-0.1, -0.05) is 0 Å². The maximum atomic E-state index is 10.8. The van der Waals surface area contributed by atoms with Crippen molar-refractivity contribution >= 4 is 5.97 Å². The van der Waals surface area contributed by atoms with Gasteiger partial charge in [0.25, 0.3) is 0 Å². The summed E-state index contributed by atoms with van der Waals surface area (Å²) >= 11 is 0. The molecule has 3 heterocycles. The first-order chi connectivity index (χ1) is 6.72. The van der Waals surface area contributed by atoms with E-state index in [4.69, 9.17) is 5.11 Å². The molecule has 1 N–H and O–H groups in total. The first-order valence-electron chi connectivity index (χ1n) is 5.66. The van der Waals surface area contributed by atoms with Crippen molar-refractivity contribution in [3.63, 3.8) is 0 Å². The molecule has 0 spiro atoms. The lowest BCUT2D eigenvalue weighted by Crippen LogP contribution is -2.58. The Morgan fingerprint density at radius 1 is 1.21 bits per heavy atom. The van der Waals surface area contributed by atoms with Crippen LogP contribution >= 0.6 is 0 Å². The lowest BCUT2D eigenvalue weighted by molar-refractivity contribution is -0.143. The number of carboxylic acids is 1. The average Bonchev–Trinajstić information content (AvgIpc) is 2.09. The normalized spacial score (nSPS) is 49.6. The average molecular weight is 195 g/mol. The van der Waals surface area contributed by atoms with E-state index in [0.29, 0.717) is 24.2 Å². The summed E-state index contributed by atoms with van der Waals surface area (Å²) in [6.45, 7) is 3.63. The molecule has 3 nitrogen and oxygen atoms in total. The van der Waals surface area contributed by atoms with Crippen LogP contribution < -0.4 is 0 Å². The molecule has 4 bridgehead atoms. The van der Waals surface area contributed by atoms with Crippen LogP contribution in [0.25, 0.3) is 0 Å². The summed E-state index contributed by atoms with van der Waals surface area (Å²) in [5.74, 6) is 2.16. The Morgan fingerprint density at radius 2 is 1.86 bits per heavy atom. The van der Waals surface area contributed by atoms with E-state index in [2.05, 4.69) is 4.90 Å². The van der Waals surface area contributed by atoms with Crippen molar-refractivity contribution in [2.45, 2.75) is 19.3 Å². The van der Waals surface area contributed by atoms with Crippen LogP contribution in [-0.4, -0.2) is 35.6 Å². The number of hydrogen-bond acceptors (Lipinski definition) is 2. The van der Waals surface area contributed by atoms with Crippen LogP contribution in [0.3, 0.4) is 0 Å². The van der Waals surface area contributed by atoms with Gasteiger partial charge in [-0.2, -0.15) is 0 Å². The smallest absolute Gasteiger partial charge is 0.303 e. The van der Waals surface area contributed by atoms with E-state index in [1.807, 2.05) is 0 Å². The zero-order valence-corrected chi connectivity index (χ0v) is 8.35. The Bertz CT molecular complexity index is 236. The van der Waals surface area contributed by atoms with Gasteiger partial charge in [0.1, 0.15) is 0 Å². The van der Waals surface area contributed by atoms with E-state index < -0.39 is 5.97 Å². The van der Waals surface area contributed by atoms with Gasteiger partial charge >= 0.3 is 5.97 Å². The minimum atomic E-state index is -0.600. The van der Waals surface area contributed by atoms with Crippen LogP contribution in [0.5, 0.6) is 0 Å². The van der Waals surface area contributed by atoms with Crippen molar-refractivity contribution in [1.29, 1.82) is 0 Å². The Hall–Kier alpha value is -0.570. The molecule has 3 heteroatoms. The molecule has 0 aromatic rings. The van der Waals surface area contributed by atoms with Gasteiger partial charge in [-0.15, -0.1) is 0 Å². The highest BCUT2D eigenvalue weighted by molar-refractivity contribution is 5.67. The highest BCUT2D eigenvalue weighted by Crippen LogP contribution is 2.48. The molecule has 1 saturated carbocycles. The molecule has 14 heavy (non-hydrogen) atoms. The van der Waals surface area contributed by atoms with E-state index in [1.165, 1.54) is 32.5 Å². The van der Waals surface area contributed by atoms with E-state index in [1.54, 1.807) is 0 Å². The molecule has 78 valence electrons. The van der Waals surface area contributed by atoms with Crippen LogP contribution in [-0.2, 0) is 4.79 Å². The minimum absolute atomic E-state index is 0.413. The number of aliphatic carboxylic acids is 1. The van der Waals surface area contributed by atoms with E-state index >= 15 is 0 Å². The fourth-order valence-electron chi connectivity index (χ4n) is 4.04. The van der Waals surface area contributed by atoms with Crippen molar-refractivity contribution in [2.75, 3.05) is 19.6 Å². The summed E-state index contributed by atoms with van der Waals surface area (Å²) in [7, 11) is 0. The van der Waals surface area contributed by atoms with E-state index in [9.17, 15) is 4.79 Å². The highest BCUT2D eigenvalue weighted by atomic mass is 16.4. The van der Waals surface area contributed by atoms with Gasteiger partial charge in [0.2, 0.25) is 0 Å². The van der Waals surface area contributed by atoms with Gasteiger partial charge in [0, 0.05) is 26.1 Å². The number of rotatable bonds is 2. The van der Waals surface area contributed by atoms with Crippen molar-refractivity contribution in [2.24, 2.45) is 23.7 Å². The molecule has 1 aliphatic carbocycles. The third-order valence-corrected chi connectivity index (χ3v) is 4.40. The van der Waals surface area contributed by atoms with Crippen LogP contribution in [0.15, 0.2) is 0 Å². The summed E-state index contributed by atoms with van der Waals surface area (Å²) in [5, 5.41) is 8.88.